The molecular formula is C10H11I. The van der Waals surface area contributed by atoms with E-state index in [1.54, 1.807) is 0 Å². The molecule has 1 saturated carbocycles. The topological polar surface area (TPSA) is 0 Å². The quantitative estimate of drug-likeness (QED) is 0.535. The Bertz CT molecular complexity index is 251. The molecule has 1 fully saturated rings. The average molecular weight is 258 g/mol. The van der Waals surface area contributed by atoms with Crippen LogP contribution in [0.5, 0.6) is 0 Å². The van der Waals surface area contributed by atoms with Crippen molar-refractivity contribution in [3.8, 4) is 0 Å². The fraction of sp³-hybridized carbons (Fsp3) is 0.400. The molecule has 2 rings (SSSR count). The lowest BCUT2D eigenvalue weighted by molar-refractivity contribution is 1.01. The molecule has 58 valence electrons. The highest BCUT2D eigenvalue weighted by molar-refractivity contribution is 14.1. The summed E-state index contributed by atoms with van der Waals surface area (Å²) in [4.78, 5) is 0. The van der Waals surface area contributed by atoms with Crippen molar-refractivity contribution in [1.82, 2.24) is 0 Å². The van der Waals surface area contributed by atoms with Crippen LogP contribution in [0.4, 0.5) is 0 Å². The van der Waals surface area contributed by atoms with Crippen LogP contribution >= 0.6 is 22.6 Å². The zero-order valence-corrected chi connectivity index (χ0v) is 8.71. The zero-order valence-electron chi connectivity index (χ0n) is 6.55. The van der Waals surface area contributed by atoms with E-state index in [4.69, 9.17) is 0 Å². The number of hydrogen-bond donors (Lipinski definition) is 0. The minimum atomic E-state index is 0.541. The molecule has 0 nitrogen and oxygen atoms in total. The Labute approximate surface area is 81.1 Å². The zero-order chi connectivity index (χ0) is 7.90. The van der Waals surface area contributed by atoms with Crippen LogP contribution in [0.25, 0.3) is 0 Å². The van der Waals surface area contributed by atoms with Crippen molar-refractivity contribution in [2.75, 3.05) is 0 Å². The van der Waals surface area contributed by atoms with Crippen molar-refractivity contribution in [3.63, 3.8) is 0 Å². The predicted octanol–water partition coefficient (Wildman–Crippen LogP) is 3.37. The van der Waals surface area contributed by atoms with Crippen molar-refractivity contribution in [1.29, 1.82) is 0 Å². The molecule has 1 aromatic carbocycles. The Kier molecular flexibility index (Phi) is 1.71. The minimum absolute atomic E-state index is 0.541. The van der Waals surface area contributed by atoms with Gasteiger partial charge in [0.25, 0.3) is 0 Å². The highest BCUT2D eigenvalue weighted by Gasteiger charge is 2.48. The molecule has 1 aliphatic carbocycles. The molecule has 1 aromatic rings. The van der Waals surface area contributed by atoms with Crippen LogP contribution in [-0.4, -0.2) is 3.42 Å². The molecule has 0 bridgehead atoms. The van der Waals surface area contributed by atoms with Crippen LogP contribution in [-0.2, 0) is 0 Å². The first-order valence-corrected chi connectivity index (χ1v) is 5.02. The molecule has 0 amide bonds. The van der Waals surface area contributed by atoms with Gasteiger partial charge in [0.1, 0.15) is 0 Å². The maximum atomic E-state index is 2.55. The fourth-order valence-electron chi connectivity index (χ4n) is 1.49. The first kappa shape index (κ1) is 7.59. The van der Waals surface area contributed by atoms with Gasteiger partial charge < -0.3 is 0 Å². The number of benzene rings is 1. The molecule has 0 saturated heterocycles. The van der Waals surface area contributed by atoms with Crippen molar-refractivity contribution >= 4 is 22.6 Å². The summed E-state index contributed by atoms with van der Waals surface area (Å²) in [6.07, 6.45) is 1.34. The van der Waals surface area contributed by atoms with E-state index >= 15 is 0 Å². The second-order valence-electron chi connectivity index (χ2n) is 3.45. The minimum Gasteiger partial charge on any atom is -0.0785 e. The number of rotatable bonds is 1. The molecule has 2 atom stereocenters. The van der Waals surface area contributed by atoms with Gasteiger partial charge in [-0.05, 0) is 24.8 Å². The lowest BCUT2D eigenvalue weighted by Crippen LogP contribution is -1.91. The molecule has 1 aliphatic rings. The van der Waals surface area contributed by atoms with Gasteiger partial charge in [-0.2, -0.15) is 0 Å². The number of alkyl halides is 1. The summed E-state index contributed by atoms with van der Waals surface area (Å²) in [5.74, 6) is 0.810. The van der Waals surface area contributed by atoms with Crippen molar-refractivity contribution in [3.05, 3.63) is 35.9 Å². The third-order valence-electron chi connectivity index (χ3n) is 2.37. The molecule has 0 spiro atoms. The van der Waals surface area contributed by atoms with E-state index in [0.717, 1.165) is 5.92 Å². The molecule has 0 heterocycles. The SMILES string of the molecule is C[C@]1(I)C[C@@H]1c1ccccc1. The van der Waals surface area contributed by atoms with Gasteiger partial charge in [0.2, 0.25) is 0 Å². The maximum absolute atomic E-state index is 2.55. The number of hydrogen-bond acceptors (Lipinski definition) is 0. The summed E-state index contributed by atoms with van der Waals surface area (Å²) in [7, 11) is 0. The lowest BCUT2D eigenvalue weighted by atomic mass is 10.1. The second kappa shape index (κ2) is 2.47. The Morgan fingerprint density at radius 3 is 2.36 bits per heavy atom. The fourth-order valence-corrected chi connectivity index (χ4v) is 2.29. The predicted molar refractivity (Wildman–Crippen MR) is 56.2 cm³/mol. The van der Waals surface area contributed by atoms with Crippen LogP contribution in [0.3, 0.4) is 0 Å². The lowest BCUT2D eigenvalue weighted by Gasteiger charge is -2.00. The molecular weight excluding hydrogens is 247 g/mol. The van der Waals surface area contributed by atoms with Crippen molar-refractivity contribution in [2.45, 2.75) is 22.7 Å². The van der Waals surface area contributed by atoms with Gasteiger partial charge in [-0.25, -0.2) is 0 Å². The number of halogens is 1. The summed E-state index contributed by atoms with van der Waals surface area (Å²) < 4.78 is 0.541. The van der Waals surface area contributed by atoms with E-state index < -0.39 is 0 Å². The average Bonchev–Trinajstić information content (AvgIpc) is 2.62. The third-order valence-corrected chi connectivity index (χ3v) is 3.56. The maximum Gasteiger partial charge on any atom is 0.0269 e. The normalized spacial score (nSPS) is 35.3. The van der Waals surface area contributed by atoms with E-state index in [1.165, 1.54) is 12.0 Å². The van der Waals surface area contributed by atoms with Gasteiger partial charge in [-0.15, -0.1) is 0 Å². The van der Waals surface area contributed by atoms with Gasteiger partial charge in [0, 0.05) is 3.42 Å². The van der Waals surface area contributed by atoms with Gasteiger partial charge >= 0.3 is 0 Å². The van der Waals surface area contributed by atoms with E-state index in [-0.39, 0.29) is 0 Å². The molecule has 1 heteroatoms. The largest absolute Gasteiger partial charge is 0.0785 e. The van der Waals surface area contributed by atoms with Gasteiger partial charge in [-0.1, -0.05) is 52.9 Å². The summed E-state index contributed by atoms with van der Waals surface area (Å²) in [6.45, 7) is 2.32. The molecule has 11 heavy (non-hydrogen) atoms. The Balaban J connectivity index is 2.21. The second-order valence-corrected chi connectivity index (χ2v) is 5.91. The highest BCUT2D eigenvalue weighted by Crippen LogP contribution is 2.57. The summed E-state index contributed by atoms with van der Waals surface area (Å²) >= 11 is 2.55. The molecule has 0 N–H and O–H groups in total. The van der Waals surface area contributed by atoms with Crippen LogP contribution in [0.2, 0.25) is 0 Å². The Morgan fingerprint density at radius 1 is 1.36 bits per heavy atom. The van der Waals surface area contributed by atoms with Crippen LogP contribution in [0, 0.1) is 0 Å². The van der Waals surface area contributed by atoms with Crippen LogP contribution < -0.4 is 0 Å². The smallest absolute Gasteiger partial charge is 0.0269 e. The standard InChI is InChI=1S/C10H11I/c1-10(11)7-9(10)8-5-3-2-4-6-8/h2-6,9H,7H2,1H3/t9-,10+/m1/s1. The first-order chi connectivity index (χ1) is 5.20. The van der Waals surface area contributed by atoms with Crippen molar-refractivity contribution in [2.24, 2.45) is 0 Å². The summed E-state index contributed by atoms with van der Waals surface area (Å²) in [6, 6.07) is 10.8. The van der Waals surface area contributed by atoms with E-state index in [9.17, 15) is 0 Å². The third kappa shape index (κ3) is 1.43. The molecule has 0 radical (unpaired) electrons. The summed E-state index contributed by atoms with van der Waals surface area (Å²) in [5.41, 5.74) is 1.50. The molecule has 0 aliphatic heterocycles. The first-order valence-electron chi connectivity index (χ1n) is 3.94. The van der Waals surface area contributed by atoms with Gasteiger partial charge in [0.15, 0.2) is 0 Å². The van der Waals surface area contributed by atoms with Crippen LogP contribution in [0.1, 0.15) is 24.8 Å². The summed E-state index contributed by atoms with van der Waals surface area (Å²) in [5, 5.41) is 0. The Hall–Kier alpha value is -0.0500. The van der Waals surface area contributed by atoms with Crippen molar-refractivity contribution < 1.29 is 0 Å². The Morgan fingerprint density at radius 2 is 1.91 bits per heavy atom. The van der Waals surface area contributed by atoms with Gasteiger partial charge in [-0.3, -0.25) is 0 Å². The van der Waals surface area contributed by atoms with E-state index in [1.807, 2.05) is 0 Å². The van der Waals surface area contributed by atoms with E-state index in [0.29, 0.717) is 3.42 Å². The van der Waals surface area contributed by atoms with Gasteiger partial charge in [0.05, 0.1) is 0 Å². The molecule has 0 aromatic heterocycles. The van der Waals surface area contributed by atoms with E-state index in [2.05, 4.69) is 59.8 Å². The monoisotopic (exact) mass is 258 g/mol. The molecule has 0 unspecified atom stereocenters. The highest BCUT2D eigenvalue weighted by atomic mass is 127. The van der Waals surface area contributed by atoms with Crippen LogP contribution in [0.15, 0.2) is 30.3 Å².